The number of nitrogens with one attached hydrogen (secondary N) is 1. The predicted octanol–water partition coefficient (Wildman–Crippen LogP) is 4.44. The van der Waals surface area contributed by atoms with Gasteiger partial charge >= 0.3 is 6.03 Å². The Morgan fingerprint density at radius 1 is 1.10 bits per heavy atom. The predicted molar refractivity (Wildman–Crippen MR) is 127 cm³/mol. The lowest BCUT2D eigenvalue weighted by Gasteiger charge is -2.37. The van der Waals surface area contributed by atoms with Crippen molar-refractivity contribution in [2.45, 2.75) is 66.3 Å². The molecule has 0 radical (unpaired) electrons. The zero-order valence-electron chi connectivity index (χ0n) is 20.1. The van der Waals surface area contributed by atoms with Crippen LogP contribution in [0.5, 0.6) is 0 Å². The highest BCUT2D eigenvalue weighted by molar-refractivity contribution is 5.75. The van der Waals surface area contributed by atoms with E-state index in [0.717, 1.165) is 36.8 Å². The van der Waals surface area contributed by atoms with Gasteiger partial charge in [-0.05, 0) is 40.2 Å². The summed E-state index contributed by atoms with van der Waals surface area (Å²) in [5.74, 6) is 2.17. The van der Waals surface area contributed by atoms with Crippen LogP contribution in [0, 0.1) is 13.8 Å². The first kappa shape index (κ1) is 23.0. The molecule has 0 saturated carbocycles. The van der Waals surface area contributed by atoms with Crippen molar-refractivity contribution in [1.29, 1.82) is 0 Å². The molecular formula is C25H37N5O. The third-order valence-corrected chi connectivity index (χ3v) is 5.54. The number of aromatic nitrogens is 2. The van der Waals surface area contributed by atoms with E-state index >= 15 is 0 Å². The second-order valence-corrected chi connectivity index (χ2v) is 9.94. The van der Waals surface area contributed by atoms with E-state index < -0.39 is 0 Å². The van der Waals surface area contributed by atoms with Gasteiger partial charge in [-0.3, -0.25) is 0 Å². The molecule has 0 spiro atoms. The van der Waals surface area contributed by atoms with Gasteiger partial charge in [0.25, 0.3) is 0 Å². The molecule has 0 bridgehead atoms. The fourth-order valence-corrected chi connectivity index (χ4v) is 3.88. The minimum atomic E-state index is -0.231. The Bertz CT molecular complexity index is 924. The monoisotopic (exact) mass is 423 g/mol. The van der Waals surface area contributed by atoms with Gasteiger partial charge in [-0.1, -0.05) is 43.7 Å². The minimum Gasteiger partial charge on any atom is -0.353 e. The second kappa shape index (κ2) is 9.25. The Kier molecular flexibility index (Phi) is 6.87. The van der Waals surface area contributed by atoms with Crippen molar-refractivity contribution in [3.05, 3.63) is 52.5 Å². The lowest BCUT2D eigenvalue weighted by Crippen LogP contribution is -2.55. The van der Waals surface area contributed by atoms with Gasteiger partial charge in [0.05, 0.1) is 0 Å². The molecule has 31 heavy (non-hydrogen) atoms. The Morgan fingerprint density at radius 3 is 2.35 bits per heavy atom. The Hall–Kier alpha value is -2.63. The molecular weight excluding hydrogens is 386 g/mol. The quantitative estimate of drug-likeness (QED) is 0.790. The maximum absolute atomic E-state index is 12.6. The summed E-state index contributed by atoms with van der Waals surface area (Å²) >= 11 is 0. The number of nitrogens with zero attached hydrogens (tertiary/aromatic N) is 4. The van der Waals surface area contributed by atoms with Crippen LogP contribution in [0.2, 0.25) is 0 Å². The van der Waals surface area contributed by atoms with Crippen LogP contribution in [0.4, 0.5) is 10.6 Å². The van der Waals surface area contributed by atoms with Crippen LogP contribution < -0.4 is 10.2 Å². The lowest BCUT2D eigenvalue weighted by atomic mass is 10.0. The molecule has 2 amide bonds. The molecule has 1 fully saturated rings. The summed E-state index contributed by atoms with van der Waals surface area (Å²) in [4.78, 5) is 26.6. The normalized spacial score (nSPS) is 14.8. The topological polar surface area (TPSA) is 61.4 Å². The number of piperazine rings is 1. The van der Waals surface area contributed by atoms with E-state index in [1.165, 1.54) is 16.7 Å². The highest BCUT2D eigenvalue weighted by Gasteiger charge is 2.27. The molecule has 0 atom stereocenters. The molecule has 168 valence electrons. The molecule has 1 aromatic heterocycles. The third kappa shape index (κ3) is 5.96. The van der Waals surface area contributed by atoms with E-state index in [1.807, 2.05) is 25.7 Å². The first-order valence-corrected chi connectivity index (χ1v) is 11.3. The molecule has 2 heterocycles. The number of carbonyl (C=O) groups is 1. The van der Waals surface area contributed by atoms with Crippen molar-refractivity contribution < 1.29 is 4.79 Å². The van der Waals surface area contributed by atoms with E-state index in [-0.39, 0.29) is 17.5 Å². The van der Waals surface area contributed by atoms with E-state index in [9.17, 15) is 4.79 Å². The lowest BCUT2D eigenvalue weighted by molar-refractivity contribution is 0.185. The summed E-state index contributed by atoms with van der Waals surface area (Å²) in [6, 6.07) is 8.64. The number of carbonyl (C=O) groups excluding carboxylic acids is 1. The maximum Gasteiger partial charge on any atom is 0.317 e. The van der Waals surface area contributed by atoms with E-state index in [0.29, 0.717) is 13.1 Å². The fourth-order valence-electron chi connectivity index (χ4n) is 3.88. The van der Waals surface area contributed by atoms with Crippen LogP contribution in [-0.4, -0.2) is 52.6 Å². The molecule has 3 rings (SSSR count). The number of amides is 2. The molecule has 6 nitrogen and oxygen atoms in total. The molecule has 1 aromatic carbocycles. The van der Waals surface area contributed by atoms with Crippen molar-refractivity contribution in [2.24, 2.45) is 0 Å². The van der Waals surface area contributed by atoms with Crippen LogP contribution in [0.15, 0.2) is 24.3 Å². The van der Waals surface area contributed by atoms with Crippen molar-refractivity contribution in [3.8, 4) is 0 Å². The van der Waals surface area contributed by atoms with Crippen LogP contribution in [0.25, 0.3) is 0 Å². The highest BCUT2D eigenvalue weighted by Crippen LogP contribution is 2.27. The summed E-state index contributed by atoms with van der Waals surface area (Å²) in [6.07, 6.45) is 0.811. The van der Waals surface area contributed by atoms with Crippen molar-refractivity contribution >= 4 is 11.8 Å². The van der Waals surface area contributed by atoms with Gasteiger partial charge in [0.15, 0.2) is 0 Å². The Labute approximate surface area is 187 Å². The van der Waals surface area contributed by atoms with Crippen LogP contribution >= 0.6 is 0 Å². The van der Waals surface area contributed by atoms with E-state index in [2.05, 4.69) is 62.2 Å². The summed E-state index contributed by atoms with van der Waals surface area (Å²) in [5, 5.41) is 3.07. The van der Waals surface area contributed by atoms with Gasteiger partial charge < -0.3 is 15.1 Å². The average Bonchev–Trinajstić information content (AvgIpc) is 2.68. The van der Waals surface area contributed by atoms with Gasteiger partial charge in [0.1, 0.15) is 11.6 Å². The number of aryl methyl sites for hydroxylation is 2. The SMILES string of the molecule is Cc1cccc(Cc2c(C)nc(C(C)C)nc2N2CCN(C(=O)NC(C)(C)C)CC2)c1. The smallest absolute Gasteiger partial charge is 0.317 e. The number of anilines is 1. The molecule has 1 N–H and O–H groups in total. The average molecular weight is 424 g/mol. The third-order valence-electron chi connectivity index (χ3n) is 5.54. The summed E-state index contributed by atoms with van der Waals surface area (Å²) in [5.41, 5.74) is 4.53. The Balaban J connectivity index is 1.85. The first-order valence-electron chi connectivity index (χ1n) is 11.3. The van der Waals surface area contributed by atoms with Gasteiger partial charge in [0, 0.05) is 55.3 Å². The van der Waals surface area contributed by atoms with Gasteiger partial charge in [-0.25, -0.2) is 14.8 Å². The van der Waals surface area contributed by atoms with Gasteiger partial charge in [-0.15, -0.1) is 0 Å². The Morgan fingerprint density at radius 2 is 1.77 bits per heavy atom. The number of rotatable bonds is 4. The van der Waals surface area contributed by atoms with E-state index in [1.54, 1.807) is 0 Å². The highest BCUT2D eigenvalue weighted by atomic mass is 16.2. The number of urea groups is 1. The molecule has 1 aliphatic heterocycles. The molecule has 6 heteroatoms. The largest absolute Gasteiger partial charge is 0.353 e. The summed E-state index contributed by atoms with van der Waals surface area (Å²) < 4.78 is 0. The van der Waals surface area contributed by atoms with Crippen molar-refractivity contribution in [1.82, 2.24) is 20.2 Å². The van der Waals surface area contributed by atoms with Crippen LogP contribution in [-0.2, 0) is 6.42 Å². The van der Waals surface area contributed by atoms with E-state index in [4.69, 9.17) is 9.97 Å². The van der Waals surface area contributed by atoms with Gasteiger partial charge in [0.2, 0.25) is 0 Å². The molecule has 0 unspecified atom stereocenters. The number of benzene rings is 1. The fraction of sp³-hybridized carbons (Fsp3) is 0.560. The molecule has 1 aliphatic rings. The zero-order valence-corrected chi connectivity index (χ0v) is 20.1. The number of hydrogen-bond donors (Lipinski definition) is 1. The summed E-state index contributed by atoms with van der Waals surface area (Å²) in [7, 11) is 0. The molecule has 0 aliphatic carbocycles. The van der Waals surface area contributed by atoms with Crippen LogP contribution in [0.1, 0.15) is 68.7 Å². The summed E-state index contributed by atoms with van der Waals surface area (Å²) in [6.45, 7) is 17.4. The minimum absolute atomic E-state index is 0.00821. The standard InChI is InChI=1S/C25H37N5O/c1-17(2)22-26-19(4)21(16-20-10-8-9-18(3)15-20)23(27-22)29-11-13-30(14-12-29)24(31)28-25(5,6)7/h8-10,15,17H,11-14,16H2,1-7H3,(H,28,31). The van der Waals surface area contributed by atoms with Crippen molar-refractivity contribution in [3.63, 3.8) is 0 Å². The first-order chi connectivity index (χ1) is 14.5. The molecule has 1 saturated heterocycles. The zero-order chi connectivity index (χ0) is 22.8. The maximum atomic E-state index is 12.6. The van der Waals surface area contributed by atoms with Crippen LogP contribution in [0.3, 0.4) is 0 Å². The van der Waals surface area contributed by atoms with Gasteiger partial charge in [-0.2, -0.15) is 0 Å². The number of hydrogen-bond acceptors (Lipinski definition) is 4. The molecule has 2 aromatic rings. The second-order valence-electron chi connectivity index (χ2n) is 9.94. The van der Waals surface area contributed by atoms with Crippen molar-refractivity contribution in [2.75, 3.05) is 31.1 Å².